The van der Waals surface area contributed by atoms with Crippen LogP contribution in [0.1, 0.15) is 18.7 Å². The van der Waals surface area contributed by atoms with Crippen LogP contribution >= 0.6 is 11.3 Å². The number of hydrogen-bond donors (Lipinski definition) is 0. The fourth-order valence-electron chi connectivity index (χ4n) is 2.58. The Kier molecular flexibility index (Phi) is 4.31. The molecule has 1 saturated heterocycles. The van der Waals surface area contributed by atoms with Gasteiger partial charge in [-0.2, -0.15) is 16.3 Å². The lowest BCUT2D eigenvalue weighted by molar-refractivity contribution is -0.147. The number of piperidine rings is 1. The first-order valence-corrected chi connectivity index (χ1v) is 7.86. The number of hydrogen-bond acceptors (Lipinski definition) is 7. The summed E-state index contributed by atoms with van der Waals surface area (Å²) in [6.45, 7) is 2.19. The van der Waals surface area contributed by atoms with Crippen molar-refractivity contribution in [2.45, 2.75) is 19.4 Å². The molecule has 0 N–H and O–H groups in total. The maximum Gasteiger partial charge on any atom is 0.309 e. The van der Waals surface area contributed by atoms with Crippen LogP contribution in [0.15, 0.2) is 21.3 Å². The average molecular weight is 307 g/mol. The Labute approximate surface area is 126 Å². The molecule has 3 rings (SSSR count). The maximum absolute atomic E-state index is 11.6. The van der Waals surface area contributed by atoms with E-state index in [1.165, 1.54) is 7.11 Å². The van der Waals surface area contributed by atoms with E-state index >= 15 is 0 Å². The Balaban J connectivity index is 1.62. The fraction of sp³-hybridized carbons (Fsp3) is 0.500. The topological polar surface area (TPSA) is 68.5 Å². The van der Waals surface area contributed by atoms with Crippen molar-refractivity contribution in [3.05, 3.63) is 22.7 Å². The van der Waals surface area contributed by atoms with E-state index in [9.17, 15) is 4.79 Å². The molecule has 1 fully saturated rings. The molecule has 0 aromatic carbocycles. The molecule has 112 valence electrons. The molecule has 0 bridgehead atoms. The molecule has 3 heterocycles. The summed E-state index contributed by atoms with van der Waals surface area (Å²) in [4.78, 5) is 18.2. The van der Waals surface area contributed by atoms with Gasteiger partial charge < -0.3 is 9.26 Å². The number of carbonyl (C=O) groups is 1. The normalized spacial score (nSPS) is 19.6. The zero-order valence-corrected chi connectivity index (χ0v) is 12.6. The van der Waals surface area contributed by atoms with Crippen LogP contribution in [-0.2, 0) is 16.1 Å². The number of nitrogens with zero attached hydrogens (tertiary/aromatic N) is 3. The number of ether oxygens (including phenoxy) is 1. The third-order valence-electron chi connectivity index (χ3n) is 3.65. The van der Waals surface area contributed by atoms with Crippen LogP contribution in [0.3, 0.4) is 0 Å². The number of esters is 1. The van der Waals surface area contributed by atoms with Gasteiger partial charge >= 0.3 is 5.97 Å². The predicted molar refractivity (Wildman–Crippen MR) is 77.6 cm³/mol. The smallest absolute Gasteiger partial charge is 0.309 e. The molecule has 6 nitrogen and oxygen atoms in total. The average Bonchev–Trinajstić information content (AvgIpc) is 3.17. The van der Waals surface area contributed by atoms with E-state index in [0.717, 1.165) is 24.9 Å². The monoisotopic (exact) mass is 307 g/mol. The second kappa shape index (κ2) is 6.36. The Bertz CT molecular complexity index is 596. The molecule has 1 atom stereocenters. The summed E-state index contributed by atoms with van der Waals surface area (Å²) >= 11 is 1.60. The van der Waals surface area contributed by atoms with E-state index in [0.29, 0.717) is 24.8 Å². The molecule has 2 aromatic heterocycles. The first-order chi connectivity index (χ1) is 10.3. The van der Waals surface area contributed by atoms with Gasteiger partial charge in [-0.3, -0.25) is 9.69 Å². The zero-order chi connectivity index (χ0) is 14.7. The van der Waals surface area contributed by atoms with Crippen molar-refractivity contribution in [1.82, 2.24) is 15.0 Å². The van der Waals surface area contributed by atoms with E-state index in [4.69, 9.17) is 9.26 Å². The van der Waals surface area contributed by atoms with Crippen molar-refractivity contribution in [3.63, 3.8) is 0 Å². The molecular formula is C14H17N3O3S. The minimum atomic E-state index is -0.135. The number of methoxy groups -OCH3 is 1. The third-order valence-corrected chi connectivity index (χ3v) is 4.33. The molecule has 0 radical (unpaired) electrons. The summed E-state index contributed by atoms with van der Waals surface area (Å²) < 4.78 is 10.1. The lowest BCUT2D eigenvalue weighted by atomic mass is 9.98. The van der Waals surface area contributed by atoms with Crippen LogP contribution in [0.25, 0.3) is 11.4 Å². The second-order valence-electron chi connectivity index (χ2n) is 5.12. The van der Waals surface area contributed by atoms with Gasteiger partial charge in [-0.1, -0.05) is 5.16 Å². The zero-order valence-electron chi connectivity index (χ0n) is 11.8. The van der Waals surface area contributed by atoms with Gasteiger partial charge in [-0.25, -0.2) is 0 Å². The van der Waals surface area contributed by atoms with Gasteiger partial charge in [0.25, 0.3) is 0 Å². The van der Waals surface area contributed by atoms with Crippen molar-refractivity contribution in [1.29, 1.82) is 0 Å². The highest BCUT2D eigenvalue weighted by molar-refractivity contribution is 7.08. The summed E-state index contributed by atoms with van der Waals surface area (Å²) in [6, 6.07) is 1.97. The van der Waals surface area contributed by atoms with Crippen LogP contribution < -0.4 is 0 Å². The van der Waals surface area contributed by atoms with Gasteiger partial charge in [0.15, 0.2) is 0 Å². The number of likely N-dealkylation sites (tertiary alicyclic amines) is 1. The van der Waals surface area contributed by atoms with Crippen LogP contribution in [0.2, 0.25) is 0 Å². The molecular weight excluding hydrogens is 290 g/mol. The van der Waals surface area contributed by atoms with Gasteiger partial charge in [0, 0.05) is 17.5 Å². The van der Waals surface area contributed by atoms with E-state index in [2.05, 4.69) is 15.0 Å². The first-order valence-electron chi connectivity index (χ1n) is 6.91. The van der Waals surface area contributed by atoms with Gasteiger partial charge in [-0.05, 0) is 30.8 Å². The van der Waals surface area contributed by atoms with E-state index < -0.39 is 0 Å². The van der Waals surface area contributed by atoms with E-state index in [1.54, 1.807) is 11.3 Å². The predicted octanol–water partition coefficient (Wildman–Crippen LogP) is 2.18. The molecule has 1 aliphatic rings. The minimum Gasteiger partial charge on any atom is -0.469 e. The van der Waals surface area contributed by atoms with Crippen LogP contribution in [0.4, 0.5) is 0 Å². The van der Waals surface area contributed by atoms with Gasteiger partial charge in [0.1, 0.15) is 0 Å². The molecule has 0 aliphatic carbocycles. The number of rotatable bonds is 4. The van der Waals surface area contributed by atoms with Crippen molar-refractivity contribution in [2.24, 2.45) is 5.92 Å². The lowest BCUT2D eigenvalue weighted by Gasteiger charge is -2.29. The largest absolute Gasteiger partial charge is 0.469 e. The minimum absolute atomic E-state index is 0.0528. The molecule has 7 heteroatoms. The molecule has 21 heavy (non-hydrogen) atoms. The molecule has 2 aromatic rings. The summed E-state index contributed by atoms with van der Waals surface area (Å²) in [7, 11) is 1.44. The van der Waals surface area contributed by atoms with Gasteiger partial charge in [-0.15, -0.1) is 0 Å². The number of carbonyl (C=O) groups excluding carboxylic acids is 1. The highest BCUT2D eigenvalue weighted by atomic mass is 32.1. The SMILES string of the molecule is COC(=O)C1CCCN(Cc2nc(-c3ccsc3)no2)C1. The van der Waals surface area contributed by atoms with Gasteiger partial charge in [0.2, 0.25) is 11.7 Å². The fourth-order valence-corrected chi connectivity index (χ4v) is 3.21. The lowest BCUT2D eigenvalue weighted by Crippen LogP contribution is -2.38. The van der Waals surface area contributed by atoms with Crippen LogP contribution in [-0.4, -0.2) is 41.2 Å². The van der Waals surface area contributed by atoms with Crippen molar-refractivity contribution < 1.29 is 14.1 Å². The summed E-state index contributed by atoms with van der Waals surface area (Å²) in [6.07, 6.45) is 1.86. The van der Waals surface area contributed by atoms with Crippen molar-refractivity contribution in [2.75, 3.05) is 20.2 Å². The highest BCUT2D eigenvalue weighted by Crippen LogP contribution is 2.21. The Morgan fingerprint density at radius 2 is 2.52 bits per heavy atom. The Morgan fingerprint density at radius 1 is 1.62 bits per heavy atom. The van der Waals surface area contributed by atoms with E-state index in [-0.39, 0.29) is 11.9 Å². The Hall–Kier alpha value is -1.73. The summed E-state index contributed by atoms with van der Waals surface area (Å²) in [5.74, 6) is 1.02. The standard InChI is InChI=1S/C14H17N3O3S/c1-19-14(18)10-3-2-5-17(7-10)8-12-15-13(16-20-12)11-4-6-21-9-11/h4,6,9-10H,2-3,5,7-8H2,1H3. The summed E-state index contributed by atoms with van der Waals surface area (Å²) in [5, 5.41) is 7.97. The number of thiophene rings is 1. The van der Waals surface area contributed by atoms with Crippen molar-refractivity contribution >= 4 is 17.3 Å². The Morgan fingerprint density at radius 3 is 3.29 bits per heavy atom. The summed E-state index contributed by atoms with van der Waals surface area (Å²) in [5.41, 5.74) is 0.973. The second-order valence-corrected chi connectivity index (χ2v) is 5.90. The van der Waals surface area contributed by atoms with Crippen LogP contribution in [0.5, 0.6) is 0 Å². The number of aromatic nitrogens is 2. The molecule has 0 spiro atoms. The third kappa shape index (κ3) is 3.30. The van der Waals surface area contributed by atoms with Crippen molar-refractivity contribution in [3.8, 4) is 11.4 Å². The van der Waals surface area contributed by atoms with E-state index in [1.807, 2.05) is 16.8 Å². The van der Waals surface area contributed by atoms with Crippen LogP contribution in [0, 0.1) is 5.92 Å². The molecule has 1 aliphatic heterocycles. The highest BCUT2D eigenvalue weighted by Gasteiger charge is 2.27. The molecule has 1 unspecified atom stereocenters. The van der Waals surface area contributed by atoms with Gasteiger partial charge in [0.05, 0.1) is 19.6 Å². The first kappa shape index (κ1) is 14.2. The molecule has 0 amide bonds. The quantitative estimate of drug-likeness (QED) is 0.807. The maximum atomic E-state index is 11.6. The molecule has 0 saturated carbocycles.